The van der Waals surface area contributed by atoms with Gasteiger partial charge in [-0.1, -0.05) is 12.8 Å². The Hall–Kier alpha value is -1.25. The van der Waals surface area contributed by atoms with Crippen LogP contribution in [0, 0.1) is 5.92 Å². The van der Waals surface area contributed by atoms with E-state index in [1.807, 2.05) is 12.3 Å². The maximum absolute atomic E-state index is 4.40. The number of pyridine rings is 1. The molecule has 1 aromatic rings. The highest BCUT2D eigenvalue weighted by Gasteiger charge is 2.28. The average Bonchev–Trinajstić information content (AvgIpc) is 2.48. The van der Waals surface area contributed by atoms with E-state index >= 15 is 0 Å². The van der Waals surface area contributed by atoms with Crippen LogP contribution in [0.5, 0.6) is 0 Å². The number of hydrogen-bond donors (Lipinski definition) is 2. The van der Waals surface area contributed by atoms with Gasteiger partial charge in [0.05, 0.1) is 5.69 Å². The van der Waals surface area contributed by atoms with E-state index in [1.54, 1.807) is 0 Å². The van der Waals surface area contributed by atoms with Crippen LogP contribution in [0.25, 0.3) is 0 Å². The Balaban J connectivity index is 1.88. The fourth-order valence-electron chi connectivity index (χ4n) is 2.72. The van der Waals surface area contributed by atoms with Gasteiger partial charge in [0.15, 0.2) is 0 Å². The minimum absolute atomic E-state index is 0.627. The Morgan fingerprint density at radius 3 is 3.20 bits per heavy atom. The van der Waals surface area contributed by atoms with Crippen molar-refractivity contribution in [3.05, 3.63) is 18.3 Å². The molecule has 3 rings (SSSR count). The van der Waals surface area contributed by atoms with Gasteiger partial charge < -0.3 is 10.6 Å². The first kappa shape index (κ1) is 9.01. The molecule has 15 heavy (non-hydrogen) atoms. The van der Waals surface area contributed by atoms with Gasteiger partial charge in [-0.2, -0.15) is 0 Å². The lowest BCUT2D eigenvalue weighted by molar-refractivity contribution is 0.341. The Morgan fingerprint density at radius 2 is 2.20 bits per heavy atom. The molecule has 3 heteroatoms. The number of aromatic nitrogens is 1. The van der Waals surface area contributed by atoms with Gasteiger partial charge in [-0.05, 0) is 30.9 Å². The third kappa shape index (κ3) is 1.66. The number of nitrogens with one attached hydrogen (secondary N) is 2. The van der Waals surface area contributed by atoms with Crippen molar-refractivity contribution in [1.29, 1.82) is 0 Å². The molecule has 0 spiro atoms. The SMILES string of the molecule is c1cnc2c(c1)NCC1CCCCC1N2. The summed E-state index contributed by atoms with van der Waals surface area (Å²) in [7, 11) is 0. The molecule has 2 heterocycles. The summed E-state index contributed by atoms with van der Waals surface area (Å²) in [5, 5.41) is 7.09. The number of hydrogen-bond acceptors (Lipinski definition) is 3. The van der Waals surface area contributed by atoms with E-state index in [0.717, 1.165) is 24.0 Å². The minimum Gasteiger partial charge on any atom is -0.382 e. The van der Waals surface area contributed by atoms with Crippen LogP contribution in [0.2, 0.25) is 0 Å². The van der Waals surface area contributed by atoms with Crippen molar-refractivity contribution < 1.29 is 0 Å². The third-order valence-electron chi connectivity index (χ3n) is 3.59. The summed E-state index contributed by atoms with van der Waals surface area (Å²) in [6.07, 6.45) is 7.24. The monoisotopic (exact) mass is 203 g/mol. The summed E-state index contributed by atoms with van der Waals surface area (Å²) >= 11 is 0. The van der Waals surface area contributed by atoms with Crippen LogP contribution in [-0.4, -0.2) is 17.6 Å². The molecule has 0 amide bonds. The normalized spacial score (nSPS) is 29.1. The zero-order valence-electron chi connectivity index (χ0n) is 8.87. The van der Waals surface area contributed by atoms with Crippen LogP contribution in [0.15, 0.2) is 18.3 Å². The first-order valence-corrected chi connectivity index (χ1v) is 5.89. The van der Waals surface area contributed by atoms with Crippen LogP contribution in [0.3, 0.4) is 0 Å². The molecule has 1 aliphatic heterocycles. The maximum Gasteiger partial charge on any atom is 0.149 e. The summed E-state index contributed by atoms with van der Waals surface area (Å²) in [6.45, 7) is 1.09. The topological polar surface area (TPSA) is 37.0 Å². The van der Waals surface area contributed by atoms with E-state index in [1.165, 1.54) is 25.7 Å². The molecule has 1 aliphatic carbocycles. The molecule has 0 bridgehead atoms. The lowest BCUT2D eigenvalue weighted by atomic mass is 9.85. The predicted octanol–water partition coefficient (Wildman–Crippen LogP) is 2.48. The number of fused-ring (bicyclic) bond motifs is 2. The summed E-state index contributed by atoms with van der Waals surface area (Å²) in [5.74, 6) is 1.81. The third-order valence-corrected chi connectivity index (χ3v) is 3.59. The highest BCUT2D eigenvalue weighted by atomic mass is 15.1. The number of nitrogens with zero attached hydrogens (tertiary/aromatic N) is 1. The van der Waals surface area contributed by atoms with Gasteiger partial charge in [0.2, 0.25) is 0 Å². The largest absolute Gasteiger partial charge is 0.382 e. The summed E-state index contributed by atoms with van der Waals surface area (Å²) in [5.41, 5.74) is 1.16. The maximum atomic E-state index is 4.40. The molecule has 2 atom stereocenters. The van der Waals surface area contributed by atoms with Crippen LogP contribution in [-0.2, 0) is 0 Å². The van der Waals surface area contributed by atoms with Gasteiger partial charge in [-0.15, -0.1) is 0 Å². The Bertz CT molecular complexity index is 350. The molecule has 3 nitrogen and oxygen atoms in total. The molecule has 0 aromatic carbocycles. The van der Waals surface area contributed by atoms with Crippen molar-refractivity contribution in [3.8, 4) is 0 Å². The van der Waals surface area contributed by atoms with E-state index in [4.69, 9.17) is 0 Å². The Morgan fingerprint density at radius 1 is 1.27 bits per heavy atom. The first-order chi connectivity index (χ1) is 7.43. The van der Waals surface area contributed by atoms with E-state index in [-0.39, 0.29) is 0 Å². The van der Waals surface area contributed by atoms with Crippen LogP contribution >= 0.6 is 0 Å². The smallest absolute Gasteiger partial charge is 0.149 e. The molecule has 2 aliphatic rings. The second-order valence-electron chi connectivity index (χ2n) is 4.58. The van der Waals surface area contributed by atoms with Crippen LogP contribution < -0.4 is 10.6 Å². The molecule has 1 aromatic heterocycles. The first-order valence-electron chi connectivity index (χ1n) is 5.89. The van der Waals surface area contributed by atoms with Gasteiger partial charge in [-0.3, -0.25) is 0 Å². The molecule has 1 fully saturated rings. The molecule has 0 saturated heterocycles. The van der Waals surface area contributed by atoms with Gasteiger partial charge in [0.1, 0.15) is 5.82 Å². The van der Waals surface area contributed by atoms with Crippen molar-refractivity contribution in [2.24, 2.45) is 5.92 Å². The van der Waals surface area contributed by atoms with Crippen molar-refractivity contribution >= 4 is 11.5 Å². The molecule has 2 N–H and O–H groups in total. The molecular formula is C12H17N3. The lowest BCUT2D eigenvalue weighted by Gasteiger charge is -2.30. The van der Waals surface area contributed by atoms with Crippen molar-refractivity contribution in [1.82, 2.24) is 4.98 Å². The van der Waals surface area contributed by atoms with E-state index in [0.29, 0.717) is 6.04 Å². The fraction of sp³-hybridized carbons (Fsp3) is 0.583. The van der Waals surface area contributed by atoms with Gasteiger partial charge in [0, 0.05) is 18.8 Å². The van der Waals surface area contributed by atoms with Gasteiger partial charge >= 0.3 is 0 Å². The minimum atomic E-state index is 0.627. The van der Waals surface area contributed by atoms with Crippen LogP contribution in [0.4, 0.5) is 11.5 Å². The Labute approximate surface area is 90.3 Å². The Kier molecular flexibility index (Phi) is 2.24. The fourth-order valence-corrected chi connectivity index (χ4v) is 2.72. The molecule has 80 valence electrons. The summed E-state index contributed by atoms with van der Waals surface area (Å²) in [4.78, 5) is 4.40. The summed E-state index contributed by atoms with van der Waals surface area (Å²) < 4.78 is 0. The number of anilines is 2. The van der Waals surface area contributed by atoms with Crippen molar-refractivity contribution in [3.63, 3.8) is 0 Å². The molecule has 2 unspecified atom stereocenters. The van der Waals surface area contributed by atoms with Crippen molar-refractivity contribution in [2.75, 3.05) is 17.2 Å². The van der Waals surface area contributed by atoms with E-state index in [2.05, 4.69) is 21.7 Å². The highest BCUT2D eigenvalue weighted by Crippen LogP contribution is 2.32. The average molecular weight is 203 g/mol. The molecular weight excluding hydrogens is 186 g/mol. The van der Waals surface area contributed by atoms with Gasteiger partial charge in [0.25, 0.3) is 0 Å². The van der Waals surface area contributed by atoms with Gasteiger partial charge in [-0.25, -0.2) is 4.98 Å². The molecule has 1 saturated carbocycles. The second-order valence-corrected chi connectivity index (χ2v) is 4.58. The standard InChI is InChI=1S/C12H17N3/c1-2-5-10-9(4-1)8-14-11-6-3-7-13-12(11)15-10/h3,6-7,9-10,14H,1-2,4-5,8H2,(H,13,15). The molecule has 0 radical (unpaired) electrons. The zero-order valence-corrected chi connectivity index (χ0v) is 8.87. The number of rotatable bonds is 0. The summed E-state index contributed by atoms with van der Waals surface area (Å²) in [6, 6.07) is 4.72. The zero-order chi connectivity index (χ0) is 10.1. The second kappa shape index (κ2) is 3.72. The van der Waals surface area contributed by atoms with E-state index in [9.17, 15) is 0 Å². The van der Waals surface area contributed by atoms with Crippen molar-refractivity contribution in [2.45, 2.75) is 31.7 Å². The highest BCUT2D eigenvalue weighted by molar-refractivity contribution is 5.65. The van der Waals surface area contributed by atoms with Crippen LogP contribution in [0.1, 0.15) is 25.7 Å². The van der Waals surface area contributed by atoms with E-state index < -0.39 is 0 Å². The lowest BCUT2D eigenvalue weighted by Crippen LogP contribution is -2.34. The predicted molar refractivity (Wildman–Crippen MR) is 62.1 cm³/mol. The quantitative estimate of drug-likeness (QED) is 0.680.